The fraction of sp³-hybridized carbons (Fsp3) is 0.609. The van der Waals surface area contributed by atoms with E-state index in [-0.39, 0.29) is 11.9 Å². The smallest absolute Gasteiger partial charge is 0.237 e. The largest absolute Gasteiger partial charge is 0.386 e. The van der Waals surface area contributed by atoms with Crippen molar-refractivity contribution >= 4 is 17.5 Å². The lowest BCUT2D eigenvalue weighted by Crippen LogP contribution is -2.45. The van der Waals surface area contributed by atoms with Gasteiger partial charge in [0.25, 0.3) is 0 Å². The first-order chi connectivity index (χ1) is 13.6. The molecule has 0 aromatic heterocycles. The van der Waals surface area contributed by atoms with Gasteiger partial charge >= 0.3 is 0 Å². The van der Waals surface area contributed by atoms with Crippen molar-refractivity contribution in [2.24, 2.45) is 17.4 Å². The third-order valence-corrected chi connectivity index (χ3v) is 4.29. The summed E-state index contributed by atoms with van der Waals surface area (Å²) >= 11 is 5.92. The van der Waals surface area contributed by atoms with Crippen molar-refractivity contribution in [1.29, 1.82) is 0 Å². The number of nitrogens with two attached hydrogens (primary N) is 2. The number of carbonyl (C=O) groups excluding carboxylic acids is 1. The van der Waals surface area contributed by atoms with E-state index >= 15 is 0 Å². The summed E-state index contributed by atoms with van der Waals surface area (Å²) in [5.74, 6) is 1.19. The van der Waals surface area contributed by atoms with Gasteiger partial charge in [0, 0.05) is 17.6 Å². The minimum absolute atomic E-state index is 0.0609. The van der Waals surface area contributed by atoms with Gasteiger partial charge in [0.2, 0.25) is 5.91 Å². The van der Waals surface area contributed by atoms with E-state index in [1.807, 2.05) is 39.0 Å². The van der Waals surface area contributed by atoms with Crippen molar-refractivity contribution in [1.82, 2.24) is 10.6 Å². The molecule has 0 saturated heterocycles. The number of benzene rings is 1. The van der Waals surface area contributed by atoms with E-state index in [0.717, 1.165) is 30.9 Å². The van der Waals surface area contributed by atoms with E-state index < -0.39 is 6.04 Å². The van der Waals surface area contributed by atoms with Crippen LogP contribution >= 0.6 is 11.6 Å². The Bertz CT molecular complexity index is 564. The van der Waals surface area contributed by atoms with Crippen LogP contribution in [0.15, 0.2) is 36.7 Å². The molecular weight excluding hydrogens is 384 g/mol. The molecule has 29 heavy (non-hydrogen) atoms. The van der Waals surface area contributed by atoms with Gasteiger partial charge in [-0.15, -0.1) is 0 Å². The average molecular weight is 427 g/mol. The number of amides is 1. The Labute approximate surface area is 183 Å². The van der Waals surface area contributed by atoms with Gasteiger partial charge < -0.3 is 22.1 Å². The third kappa shape index (κ3) is 18.1. The minimum atomic E-state index is -0.581. The van der Waals surface area contributed by atoms with Gasteiger partial charge in [-0.2, -0.15) is 0 Å². The van der Waals surface area contributed by atoms with Crippen molar-refractivity contribution in [2.75, 3.05) is 6.54 Å². The Morgan fingerprint density at radius 2 is 1.83 bits per heavy atom. The maximum atomic E-state index is 12.1. The van der Waals surface area contributed by atoms with Crippen LogP contribution in [0.1, 0.15) is 66.4 Å². The summed E-state index contributed by atoms with van der Waals surface area (Å²) in [6.45, 7) is 16.9. The van der Waals surface area contributed by atoms with Gasteiger partial charge in [-0.1, -0.05) is 71.4 Å². The molecule has 1 aromatic carbocycles. The first-order valence-electron chi connectivity index (χ1n) is 10.6. The Morgan fingerprint density at radius 1 is 1.24 bits per heavy atom. The van der Waals surface area contributed by atoms with E-state index in [0.29, 0.717) is 17.3 Å². The van der Waals surface area contributed by atoms with Gasteiger partial charge in [-0.25, -0.2) is 0 Å². The molecule has 0 radical (unpaired) electrons. The van der Waals surface area contributed by atoms with Crippen LogP contribution in [0.3, 0.4) is 0 Å². The van der Waals surface area contributed by atoms with Crippen LogP contribution in [0.2, 0.25) is 5.02 Å². The number of carbonyl (C=O) groups is 1. The van der Waals surface area contributed by atoms with Crippen LogP contribution in [-0.4, -0.2) is 24.5 Å². The Balaban J connectivity index is 0. The summed E-state index contributed by atoms with van der Waals surface area (Å²) in [7, 11) is 0. The van der Waals surface area contributed by atoms with E-state index in [2.05, 4.69) is 38.0 Å². The molecular formula is C23H43ClN4O. The third-order valence-electron chi connectivity index (χ3n) is 4.05. The SMILES string of the molecule is C=C(N)NCCC[C@H](C)NC(=O)[C@@H](N)Cc1cccc(Cl)c1.CC.CCC(C)C. The number of rotatable bonds is 10. The van der Waals surface area contributed by atoms with Gasteiger partial charge in [-0.05, 0) is 49.8 Å². The van der Waals surface area contributed by atoms with Crippen molar-refractivity contribution in [3.8, 4) is 0 Å². The lowest BCUT2D eigenvalue weighted by molar-refractivity contribution is -0.123. The van der Waals surface area contributed by atoms with Gasteiger partial charge in [-0.3, -0.25) is 4.79 Å². The topological polar surface area (TPSA) is 93.2 Å². The summed E-state index contributed by atoms with van der Waals surface area (Å²) in [4.78, 5) is 12.1. The first kappa shape index (κ1) is 29.5. The second-order valence-corrected chi connectivity index (χ2v) is 7.68. The summed E-state index contributed by atoms with van der Waals surface area (Å²) in [6, 6.07) is 6.86. The molecule has 0 bridgehead atoms. The maximum Gasteiger partial charge on any atom is 0.237 e. The fourth-order valence-electron chi connectivity index (χ4n) is 2.09. The molecule has 0 spiro atoms. The van der Waals surface area contributed by atoms with Crippen LogP contribution in [0.5, 0.6) is 0 Å². The van der Waals surface area contributed by atoms with Crippen LogP contribution < -0.4 is 22.1 Å². The first-order valence-corrected chi connectivity index (χ1v) is 11.0. The van der Waals surface area contributed by atoms with Gasteiger partial charge in [0.1, 0.15) is 0 Å². The Morgan fingerprint density at radius 3 is 2.31 bits per heavy atom. The van der Waals surface area contributed by atoms with Crippen LogP contribution in [0.4, 0.5) is 0 Å². The highest BCUT2D eigenvalue weighted by atomic mass is 35.5. The lowest BCUT2D eigenvalue weighted by Gasteiger charge is -2.18. The Kier molecular flexibility index (Phi) is 18.6. The molecule has 1 rings (SSSR count). The molecule has 0 unspecified atom stereocenters. The summed E-state index contributed by atoms with van der Waals surface area (Å²) in [6.07, 6.45) is 3.50. The molecule has 0 fully saturated rings. The standard InChI is InChI=1S/C16H25ClN4O.C5H12.C2H6/c1-11(5-4-8-20-12(2)18)21-16(22)15(19)10-13-6-3-7-14(17)9-13;1-4-5(2)3;1-2/h3,6-7,9,11,15,20H,2,4-5,8,10,18-19H2,1H3,(H,21,22);5H,4H2,1-3H3;1-2H3/t11-,15-;;/m0../s1. The van der Waals surface area contributed by atoms with Crippen LogP contribution in [-0.2, 0) is 11.2 Å². The normalized spacial score (nSPS) is 11.9. The zero-order chi connectivity index (χ0) is 22.8. The molecule has 1 aromatic rings. The highest BCUT2D eigenvalue weighted by molar-refractivity contribution is 6.30. The molecule has 0 aliphatic carbocycles. The number of hydrogen-bond acceptors (Lipinski definition) is 4. The van der Waals surface area contributed by atoms with E-state index in [1.165, 1.54) is 6.42 Å². The van der Waals surface area contributed by atoms with E-state index in [9.17, 15) is 4.79 Å². The average Bonchev–Trinajstić information content (AvgIpc) is 2.67. The van der Waals surface area contributed by atoms with Crippen molar-refractivity contribution in [3.63, 3.8) is 0 Å². The van der Waals surface area contributed by atoms with Crippen LogP contribution in [0.25, 0.3) is 0 Å². The predicted molar refractivity (Wildman–Crippen MR) is 128 cm³/mol. The van der Waals surface area contributed by atoms with Crippen molar-refractivity contribution in [2.45, 2.75) is 79.3 Å². The summed E-state index contributed by atoms with van der Waals surface area (Å²) in [5, 5.41) is 6.52. The zero-order valence-electron chi connectivity index (χ0n) is 19.2. The minimum Gasteiger partial charge on any atom is -0.386 e. The monoisotopic (exact) mass is 426 g/mol. The number of halogens is 1. The predicted octanol–water partition coefficient (Wildman–Crippen LogP) is 4.59. The molecule has 168 valence electrons. The molecule has 6 N–H and O–H groups in total. The lowest BCUT2D eigenvalue weighted by atomic mass is 10.1. The highest BCUT2D eigenvalue weighted by Crippen LogP contribution is 2.12. The molecule has 5 nitrogen and oxygen atoms in total. The molecule has 6 heteroatoms. The quantitative estimate of drug-likeness (QED) is 0.411. The van der Waals surface area contributed by atoms with E-state index in [4.69, 9.17) is 23.1 Å². The second kappa shape index (κ2) is 18.3. The summed E-state index contributed by atoms with van der Waals surface area (Å²) in [5.41, 5.74) is 12.3. The molecule has 0 heterocycles. The fourth-order valence-corrected chi connectivity index (χ4v) is 2.30. The zero-order valence-corrected chi connectivity index (χ0v) is 20.0. The van der Waals surface area contributed by atoms with Gasteiger partial charge in [0.15, 0.2) is 0 Å². The van der Waals surface area contributed by atoms with Crippen molar-refractivity contribution < 1.29 is 4.79 Å². The molecule has 0 aliphatic heterocycles. The van der Waals surface area contributed by atoms with Crippen molar-refractivity contribution in [3.05, 3.63) is 47.3 Å². The number of hydrogen-bond donors (Lipinski definition) is 4. The molecule has 2 atom stereocenters. The summed E-state index contributed by atoms with van der Waals surface area (Å²) < 4.78 is 0. The van der Waals surface area contributed by atoms with Crippen LogP contribution in [0, 0.1) is 5.92 Å². The second-order valence-electron chi connectivity index (χ2n) is 7.25. The maximum absolute atomic E-state index is 12.1. The number of nitrogens with one attached hydrogen (secondary N) is 2. The molecule has 0 saturated carbocycles. The van der Waals surface area contributed by atoms with Gasteiger partial charge in [0.05, 0.1) is 11.9 Å². The highest BCUT2D eigenvalue weighted by Gasteiger charge is 2.16. The van der Waals surface area contributed by atoms with E-state index in [1.54, 1.807) is 6.07 Å². The molecule has 1 amide bonds. The molecule has 0 aliphatic rings. The Hall–Kier alpha value is -1.72.